The molecule has 2 aromatic rings. The number of hydrogen-bond donors (Lipinski definition) is 0. The fourth-order valence-electron chi connectivity index (χ4n) is 2.31. The monoisotopic (exact) mass is 225 g/mol. The van der Waals surface area contributed by atoms with Crippen molar-refractivity contribution in [2.45, 2.75) is 38.6 Å². The summed E-state index contributed by atoms with van der Waals surface area (Å²) in [6, 6.07) is 8.61. The van der Waals surface area contributed by atoms with E-state index in [2.05, 4.69) is 24.5 Å². The highest BCUT2D eigenvalue weighted by Gasteiger charge is 2.28. The van der Waals surface area contributed by atoms with Crippen LogP contribution in [0.2, 0.25) is 0 Å². The largest absolute Gasteiger partial charge is 0.325 e. The van der Waals surface area contributed by atoms with Crippen molar-refractivity contribution in [3.05, 3.63) is 29.6 Å². The van der Waals surface area contributed by atoms with E-state index in [1.165, 1.54) is 18.4 Å². The SMILES string of the molecule is CC(C)c1nc2cc(C#N)ccc2n1C1CC1. The number of hydrogen-bond acceptors (Lipinski definition) is 2. The van der Waals surface area contributed by atoms with Crippen LogP contribution >= 0.6 is 0 Å². The van der Waals surface area contributed by atoms with Crippen molar-refractivity contribution in [2.24, 2.45) is 0 Å². The second-order valence-electron chi connectivity index (χ2n) is 5.04. The highest BCUT2D eigenvalue weighted by atomic mass is 15.1. The van der Waals surface area contributed by atoms with E-state index >= 15 is 0 Å². The van der Waals surface area contributed by atoms with E-state index in [9.17, 15) is 0 Å². The summed E-state index contributed by atoms with van der Waals surface area (Å²) in [7, 11) is 0. The smallest absolute Gasteiger partial charge is 0.112 e. The molecule has 1 aliphatic carbocycles. The van der Waals surface area contributed by atoms with Crippen LogP contribution in [0.15, 0.2) is 18.2 Å². The Hall–Kier alpha value is -1.82. The molecule has 0 amide bonds. The lowest BCUT2D eigenvalue weighted by atomic mass is 10.2. The van der Waals surface area contributed by atoms with Crippen molar-refractivity contribution in [3.8, 4) is 6.07 Å². The minimum Gasteiger partial charge on any atom is -0.325 e. The first-order valence-electron chi connectivity index (χ1n) is 6.12. The van der Waals surface area contributed by atoms with Crippen molar-refractivity contribution in [3.63, 3.8) is 0 Å². The molecule has 3 rings (SSSR count). The molecule has 0 aliphatic heterocycles. The molecule has 0 N–H and O–H groups in total. The van der Waals surface area contributed by atoms with Gasteiger partial charge in [0.2, 0.25) is 0 Å². The van der Waals surface area contributed by atoms with E-state index in [-0.39, 0.29) is 0 Å². The lowest BCUT2D eigenvalue weighted by Crippen LogP contribution is -2.02. The third-order valence-electron chi connectivity index (χ3n) is 3.27. The molecular formula is C14H15N3. The van der Waals surface area contributed by atoms with E-state index < -0.39 is 0 Å². The van der Waals surface area contributed by atoms with Gasteiger partial charge in [0.05, 0.1) is 22.7 Å². The maximum atomic E-state index is 8.92. The minimum absolute atomic E-state index is 0.425. The summed E-state index contributed by atoms with van der Waals surface area (Å²) in [6.07, 6.45) is 2.51. The van der Waals surface area contributed by atoms with E-state index in [1.54, 1.807) is 0 Å². The molecule has 1 saturated carbocycles. The summed E-state index contributed by atoms with van der Waals surface area (Å²) in [5, 5.41) is 8.92. The number of benzene rings is 1. The van der Waals surface area contributed by atoms with Gasteiger partial charge in [-0.3, -0.25) is 0 Å². The van der Waals surface area contributed by atoms with Crippen LogP contribution in [0.5, 0.6) is 0 Å². The van der Waals surface area contributed by atoms with Gasteiger partial charge in [0.15, 0.2) is 0 Å². The summed E-state index contributed by atoms with van der Waals surface area (Å²) < 4.78 is 2.36. The molecule has 0 atom stereocenters. The molecule has 0 unspecified atom stereocenters. The summed E-state index contributed by atoms with van der Waals surface area (Å²) in [5.41, 5.74) is 2.82. The van der Waals surface area contributed by atoms with Gasteiger partial charge in [-0.1, -0.05) is 13.8 Å². The number of nitriles is 1. The fraction of sp³-hybridized carbons (Fsp3) is 0.429. The van der Waals surface area contributed by atoms with Gasteiger partial charge in [-0.2, -0.15) is 5.26 Å². The molecule has 0 saturated heterocycles. The molecular weight excluding hydrogens is 210 g/mol. The van der Waals surface area contributed by atoms with Crippen LogP contribution in [0.3, 0.4) is 0 Å². The molecule has 1 heterocycles. The van der Waals surface area contributed by atoms with Gasteiger partial charge >= 0.3 is 0 Å². The Labute approximate surface area is 101 Å². The van der Waals surface area contributed by atoms with Gasteiger partial charge in [0.25, 0.3) is 0 Å². The Morgan fingerprint density at radius 1 is 1.41 bits per heavy atom. The Morgan fingerprint density at radius 3 is 2.76 bits per heavy atom. The summed E-state index contributed by atoms with van der Waals surface area (Å²) in [6.45, 7) is 4.34. The molecule has 3 heteroatoms. The zero-order valence-electron chi connectivity index (χ0n) is 10.1. The highest BCUT2D eigenvalue weighted by Crippen LogP contribution is 2.40. The van der Waals surface area contributed by atoms with E-state index in [0.29, 0.717) is 17.5 Å². The van der Waals surface area contributed by atoms with Crippen LogP contribution in [0.1, 0.15) is 50.0 Å². The molecule has 1 aliphatic rings. The van der Waals surface area contributed by atoms with E-state index in [1.807, 2.05) is 18.2 Å². The minimum atomic E-state index is 0.425. The molecule has 0 bridgehead atoms. The van der Waals surface area contributed by atoms with Crippen molar-refractivity contribution in [2.75, 3.05) is 0 Å². The van der Waals surface area contributed by atoms with Gasteiger partial charge in [0, 0.05) is 12.0 Å². The highest BCUT2D eigenvalue weighted by molar-refractivity contribution is 5.78. The Balaban J connectivity index is 2.27. The maximum absolute atomic E-state index is 8.92. The van der Waals surface area contributed by atoms with Gasteiger partial charge < -0.3 is 4.57 Å². The number of fused-ring (bicyclic) bond motifs is 1. The average Bonchev–Trinajstić information content (AvgIpc) is 3.08. The Kier molecular flexibility index (Phi) is 2.19. The van der Waals surface area contributed by atoms with Crippen LogP contribution < -0.4 is 0 Å². The first kappa shape index (κ1) is 10.3. The molecule has 1 aromatic heterocycles. The van der Waals surface area contributed by atoms with Gasteiger partial charge in [-0.25, -0.2) is 4.98 Å². The fourth-order valence-corrected chi connectivity index (χ4v) is 2.31. The van der Waals surface area contributed by atoms with Gasteiger partial charge in [-0.15, -0.1) is 0 Å². The second kappa shape index (κ2) is 3.59. The standard InChI is InChI=1S/C14H15N3/c1-9(2)14-16-12-7-10(8-15)3-6-13(12)17(14)11-4-5-11/h3,6-7,9,11H,4-5H2,1-2H3. The quantitative estimate of drug-likeness (QED) is 0.786. The zero-order valence-corrected chi connectivity index (χ0v) is 10.1. The lowest BCUT2D eigenvalue weighted by molar-refractivity contribution is 0.654. The van der Waals surface area contributed by atoms with Gasteiger partial charge in [-0.05, 0) is 31.0 Å². The topological polar surface area (TPSA) is 41.6 Å². The summed E-state index contributed by atoms with van der Waals surface area (Å²) >= 11 is 0. The number of nitrogens with zero attached hydrogens (tertiary/aromatic N) is 3. The average molecular weight is 225 g/mol. The first-order chi connectivity index (χ1) is 8.20. The Bertz CT molecular complexity index is 612. The molecule has 86 valence electrons. The van der Waals surface area contributed by atoms with Crippen LogP contribution in [0.4, 0.5) is 0 Å². The van der Waals surface area contributed by atoms with Crippen molar-refractivity contribution < 1.29 is 0 Å². The van der Waals surface area contributed by atoms with Crippen molar-refractivity contribution in [1.82, 2.24) is 9.55 Å². The van der Waals surface area contributed by atoms with Crippen molar-refractivity contribution in [1.29, 1.82) is 5.26 Å². The normalized spacial score (nSPS) is 15.4. The first-order valence-corrected chi connectivity index (χ1v) is 6.12. The molecule has 3 nitrogen and oxygen atoms in total. The van der Waals surface area contributed by atoms with Crippen molar-refractivity contribution >= 4 is 11.0 Å². The molecule has 0 radical (unpaired) electrons. The number of aromatic nitrogens is 2. The third kappa shape index (κ3) is 1.61. The molecule has 1 fully saturated rings. The zero-order chi connectivity index (χ0) is 12.0. The van der Waals surface area contributed by atoms with Crippen LogP contribution in [0, 0.1) is 11.3 Å². The predicted molar refractivity (Wildman–Crippen MR) is 66.8 cm³/mol. The molecule has 17 heavy (non-hydrogen) atoms. The van der Waals surface area contributed by atoms with Crippen LogP contribution in [-0.2, 0) is 0 Å². The number of imidazole rings is 1. The predicted octanol–water partition coefficient (Wildman–Crippen LogP) is 3.37. The van der Waals surface area contributed by atoms with Gasteiger partial charge in [0.1, 0.15) is 5.82 Å². The second-order valence-corrected chi connectivity index (χ2v) is 5.04. The van der Waals surface area contributed by atoms with E-state index in [0.717, 1.165) is 11.3 Å². The Morgan fingerprint density at radius 2 is 2.18 bits per heavy atom. The van der Waals surface area contributed by atoms with E-state index in [4.69, 9.17) is 10.2 Å². The summed E-state index contributed by atoms with van der Waals surface area (Å²) in [4.78, 5) is 4.69. The van der Waals surface area contributed by atoms with Crippen LogP contribution in [0.25, 0.3) is 11.0 Å². The maximum Gasteiger partial charge on any atom is 0.112 e. The molecule has 0 spiro atoms. The lowest BCUT2D eigenvalue weighted by Gasteiger charge is -2.09. The molecule has 1 aromatic carbocycles. The third-order valence-corrected chi connectivity index (χ3v) is 3.27. The number of rotatable bonds is 2. The summed E-state index contributed by atoms with van der Waals surface area (Å²) in [5.74, 6) is 1.58. The van der Waals surface area contributed by atoms with Crippen LogP contribution in [-0.4, -0.2) is 9.55 Å².